The van der Waals surface area contributed by atoms with Crippen molar-refractivity contribution < 1.29 is 44.5 Å². The molecule has 4 rings (SSSR count). The van der Waals surface area contributed by atoms with E-state index in [4.69, 9.17) is 13.9 Å². The third-order valence-corrected chi connectivity index (χ3v) is 4.87. The third kappa shape index (κ3) is 3.07. The molecule has 0 radical (unpaired) electrons. The maximum atomic E-state index is 12.7. The second-order valence-electron chi connectivity index (χ2n) is 6.69. The fourth-order valence-corrected chi connectivity index (χ4v) is 3.30. The highest BCUT2D eigenvalue weighted by Gasteiger charge is 2.45. The summed E-state index contributed by atoms with van der Waals surface area (Å²) < 4.78 is 16.2. The van der Waals surface area contributed by atoms with E-state index in [2.05, 4.69) is 0 Å². The first-order valence-corrected chi connectivity index (χ1v) is 8.71. The average molecular weight is 406 g/mol. The van der Waals surface area contributed by atoms with Crippen LogP contribution in [-0.4, -0.2) is 68.0 Å². The van der Waals surface area contributed by atoms with E-state index in [1.807, 2.05) is 0 Å². The first-order chi connectivity index (χ1) is 13.8. The fourth-order valence-electron chi connectivity index (χ4n) is 3.30. The van der Waals surface area contributed by atoms with Crippen LogP contribution >= 0.6 is 0 Å². The van der Waals surface area contributed by atoms with Crippen molar-refractivity contribution in [1.29, 1.82) is 0 Å². The molecule has 29 heavy (non-hydrogen) atoms. The van der Waals surface area contributed by atoms with Crippen LogP contribution in [0.3, 0.4) is 0 Å². The highest BCUT2D eigenvalue weighted by atomic mass is 16.7. The Morgan fingerprint density at radius 1 is 1.00 bits per heavy atom. The van der Waals surface area contributed by atoms with Gasteiger partial charge in [0.1, 0.15) is 41.1 Å². The minimum atomic E-state index is -1.68. The molecule has 5 atom stereocenters. The van der Waals surface area contributed by atoms with Crippen LogP contribution in [0, 0.1) is 0 Å². The molecule has 10 nitrogen and oxygen atoms in total. The third-order valence-electron chi connectivity index (χ3n) is 4.87. The van der Waals surface area contributed by atoms with Gasteiger partial charge >= 0.3 is 0 Å². The molecule has 0 bridgehead atoms. The van der Waals surface area contributed by atoms with Gasteiger partial charge in [-0.2, -0.15) is 0 Å². The Bertz CT molecular complexity index is 1120. The Morgan fingerprint density at radius 3 is 2.48 bits per heavy atom. The number of hydrogen-bond donors (Lipinski definition) is 6. The average Bonchev–Trinajstić information content (AvgIpc) is 2.70. The van der Waals surface area contributed by atoms with Crippen LogP contribution in [-0.2, 0) is 4.74 Å². The Morgan fingerprint density at radius 2 is 1.76 bits per heavy atom. The summed E-state index contributed by atoms with van der Waals surface area (Å²) in [7, 11) is 0. The van der Waals surface area contributed by atoms with Gasteiger partial charge in [0.05, 0.1) is 12.0 Å². The summed E-state index contributed by atoms with van der Waals surface area (Å²) in [6, 6.07) is 6.77. The minimum Gasteiger partial charge on any atom is -0.507 e. The summed E-state index contributed by atoms with van der Waals surface area (Å²) in [6.07, 6.45) is -7.60. The van der Waals surface area contributed by atoms with Crippen LogP contribution in [0.2, 0.25) is 0 Å². The second-order valence-corrected chi connectivity index (χ2v) is 6.69. The normalized spacial score (nSPS) is 27.4. The predicted molar refractivity (Wildman–Crippen MR) is 97.7 cm³/mol. The van der Waals surface area contributed by atoms with Gasteiger partial charge in [-0.3, -0.25) is 4.79 Å². The molecule has 0 unspecified atom stereocenters. The zero-order valence-corrected chi connectivity index (χ0v) is 14.8. The molecule has 1 aliphatic rings. The number of aliphatic hydroxyl groups is 4. The molecular weight excluding hydrogens is 388 g/mol. The fraction of sp³-hybridized carbons (Fsp3) is 0.316. The van der Waals surface area contributed by atoms with Crippen LogP contribution in [0.25, 0.3) is 21.9 Å². The van der Waals surface area contributed by atoms with Crippen LogP contribution < -0.4 is 10.2 Å². The van der Waals surface area contributed by atoms with Gasteiger partial charge in [-0.05, 0) is 24.3 Å². The van der Waals surface area contributed by atoms with E-state index in [0.29, 0.717) is 0 Å². The Kier molecular flexibility index (Phi) is 4.81. The van der Waals surface area contributed by atoms with Gasteiger partial charge in [-0.25, -0.2) is 0 Å². The van der Waals surface area contributed by atoms with E-state index >= 15 is 0 Å². The minimum absolute atomic E-state index is 0.0161. The van der Waals surface area contributed by atoms with E-state index < -0.39 is 48.5 Å². The monoisotopic (exact) mass is 406 g/mol. The van der Waals surface area contributed by atoms with Gasteiger partial charge in [0, 0.05) is 0 Å². The molecule has 0 aliphatic carbocycles. The number of aliphatic hydroxyl groups excluding tert-OH is 4. The number of phenols is 2. The lowest BCUT2D eigenvalue weighted by Gasteiger charge is -2.39. The van der Waals surface area contributed by atoms with E-state index in [9.17, 15) is 35.4 Å². The van der Waals surface area contributed by atoms with Gasteiger partial charge < -0.3 is 44.5 Å². The Labute approximate surface area is 162 Å². The smallest absolute Gasteiger partial charge is 0.229 e. The van der Waals surface area contributed by atoms with E-state index in [1.165, 1.54) is 30.3 Å². The molecule has 1 fully saturated rings. The van der Waals surface area contributed by atoms with Crippen molar-refractivity contribution in [3.05, 3.63) is 40.6 Å². The second kappa shape index (κ2) is 7.17. The predicted octanol–water partition coefficient (Wildman–Crippen LogP) is -0.464. The summed E-state index contributed by atoms with van der Waals surface area (Å²) >= 11 is 0. The molecule has 10 heteroatoms. The largest absolute Gasteiger partial charge is 0.507 e. The van der Waals surface area contributed by atoms with Crippen molar-refractivity contribution in [2.45, 2.75) is 30.7 Å². The molecule has 1 aliphatic heterocycles. The number of hydrogen-bond acceptors (Lipinski definition) is 10. The number of phenolic OH excluding ortho intramolecular Hbond substituents is 2. The molecular formula is C19H18O10. The van der Waals surface area contributed by atoms with Gasteiger partial charge in [-0.15, -0.1) is 0 Å². The maximum absolute atomic E-state index is 12.7. The lowest BCUT2D eigenvalue weighted by atomic mass is 9.99. The number of rotatable bonds is 3. The quantitative estimate of drug-likeness (QED) is 0.313. The van der Waals surface area contributed by atoms with E-state index in [0.717, 1.165) is 0 Å². The zero-order valence-electron chi connectivity index (χ0n) is 14.8. The molecule has 1 aromatic heterocycles. The van der Waals surface area contributed by atoms with Crippen molar-refractivity contribution in [3.63, 3.8) is 0 Å². The van der Waals surface area contributed by atoms with Gasteiger partial charge in [-0.1, -0.05) is 6.07 Å². The SMILES string of the molecule is O=c1c2ccc(O[C@H]3O[C@H](CO)[C@H](O)[C@@H](O)[C@H]3O)c(O)c2oc2cccc(O)c12. The van der Waals surface area contributed by atoms with Crippen LogP contribution in [0.4, 0.5) is 0 Å². The van der Waals surface area contributed by atoms with Crippen molar-refractivity contribution in [1.82, 2.24) is 0 Å². The highest BCUT2D eigenvalue weighted by molar-refractivity contribution is 5.95. The van der Waals surface area contributed by atoms with Crippen LogP contribution in [0.5, 0.6) is 17.2 Å². The van der Waals surface area contributed by atoms with Crippen LogP contribution in [0.15, 0.2) is 39.5 Å². The molecule has 0 spiro atoms. The number of aromatic hydroxyl groups is 2. The number of benzene rings is 2. The van der Waals surface area contributed by atoms with Crippen molar-refractivity contribution >= 4 is 21.9 Å². The lowest BCUT2D eigenvalue weighted by Crippen LogP contribution is -2.60. The van der Waals surface area contributed by atoms with Gasteiger partial charge in [0.2, 0.25) is 17.5 Å². The molecule has 6 N–H and O–H groups in total. The Hall–Kier alpha value is -2.89. The number of ether oxygens (including phenoxy) is 2. The molecule has 2 heterocycles. The molecule has 154 valence electrons. The standard InChI is InChI=1S/C19H18O10/c20-6-11-14(23)16(25)17(26)19(29-11)28-10-5-4-7-13(22)12-8(21)2-1-3-9(12)27-18(7)15(10)24/h1-5,11,14,16-17,19-21,23-26H,6H2/t11-,14+,16-,17-,19+/m1/s1. The summed E-state index contributed by atoms with van der Waals surface area (Å²) in [5.41, 5.74) is -0.730. The molecule has 1 saturated heterocycles. The highest BCUT2D eigenvalue weighted by Crippen LogP contribution is 2.37. The molecule has 0 amide bonds. The summed E-state index contributed by atoms with van der Waals surface area (Å²) in [4.78, 5) is 12.7. The van der Waals surface area contributed by atoms with E-state index in [-0.39, 0.29) is 33.4 Å². The van der Waals surface area contributed by atoms with Gasteiger partial charge in [0.15, 0.2) is 11.3 Å². The summed E-state index contributed by atoms with van der Waals surface area (Å²) in [6.45, 7) is -0.640. The summed E-state index contributed by atoms with van der Waals surface area (Å²) in [5.74, 6) is -1.06. The summed E-state index contributed by atoms with van der Waals surface area (Å²) in [5, 5.41) is 59.4. The topological polar surface area (TPSA) is 170 Å². The molecule has 3 aromatic rings. The first-order valence-electron chi connectivity index (χ1n) is 8.71. The van der Waals surface area contributed by atoms with Gasteiger partial charge in [0.25, 0.3) is 0 Å². The maximum Gasteiger partial charge on any atom is 0.229 e. The lowest BCUT2D eigenvalue weighted by molar-refractivity contribution is -0.277. The molecule has 0 saturated carbocycles. The van der Waals surface area contributed by atoms with Crippen molar-refractivity contribution in [3.8, 4) is 17.2 Å². The van der Waals surface area contributed by atoms with Crippen molar-refractivity contribution in [2.24, 2.45) is 0 Å². The number of fused-ring (bicyclic) bond motifs is 2. The Balaban J connectivity index is 1.76. The molecule has 2 aromatic carbocycles. The van der Waals surface area contributed by atoms with E-state index in [1.54, 1.807) is 0 Å². The zero-order chi connectivity index (χ0) is 20.9. The first kappa shape index (κ1) is 19.4. The van der Waals surface area contributed by atoms with Crippen molar-refractivity contribution in [2.75, 3.05) is 6.61 Å². The van der Waals surface area contributed by atoms with Crippen LogP contribution in [0.1, 0.15) is 0 Å².